The average molecular weight is 365 g/mol. The summed E-state index contributed by atoms with van der Waals surface area (Å²) in [4.78, 5) is 11.7. The molecule has 0 heterocycles. The molecule has 0 aromatic rings. The number of aliphatic hydroxyl groups is 5. The summed E-state index contributed by atoms with van der Waals surface area (Å²) in [5, 5.41) is 49.1. The number of rotatable bonds is 16. The van der Waals surface area contributed by atoms with Crippen LogP contribution in [-0.2, 0) is 4.79 Å². The van der Waals surface area contributed by atoms with Gasteiger partial charge >= 0.3 is 0 Å². The minimum Gasteiger partial charge on any atom is -0.394 e. The Balaban J connectivity index is 3.61. The molecule has 0 saturated heterocycles. The van der Waals surface area contributed by atoms with E-state index in [0.717, 1.165) is 38.5 Å². The highest BCUT2D eigenvalue weighted by Crippen LogP contribution is 2.10. The molecule has 150 valence electrons. The second-order valence-corrected chi connectivity index (χ2v) is 6.50. The van der Waals surface area contributed by atoms with Gasteiger partial charge in [0.15, 0.2) is 6.10 Å². The number of hydrogen-bond acceptors (Lipinski definition) is 6. The average Bonchev–Trinajstić information content (AvgIpc) is 2.66. The topological polar surface area (TPSA) is 130 Å². The van der Waals surface area contributed by atoms with E-state index in [1.807, 2.05) is 0 Å². The molecular formula is C18H37NO6. The number of unbranched alkanes of at least 4 members (excludes halogenated alkanes) is 9. The molecule has 7 nitrogen and oxygen atoms in total. The zero-order valence-electron chi connectivity index (χ0n) is 16.1. The first-order chi connectivity index (χ1) is 12.5. The van der Waals surface area contributed by atoms with Gasteiger partial charge in [0.1, 0.15) is 18.3 Å². The Bertz CT molecular complexity index is 348. The van der Waals surface area contributed by atoms with E-state index in [2.05, 4.69) is 5.32 Å². The number of carbonyl (C=O) groups is 1. The fraction of sp³-hybridized carbons (Fsp3) is 0.944. The Labute approximate surface area is 152 Å². The van der Waals surface area contributed by atoms with Gasteiger partial charge < -0.3 is 30.8 Å². The van der Waals surface area contributed by atoms with Crippen LogP contribution in [0.15, 0.2) is 0 Å². The maximum Gasteiger partial charge on any atom is 0.251 e. The Morgan fingerprint density at radius 2 is 1.40 bits per heavy atom. The lowest BCUT2D eigenvalue weighted by Gasteiger charge is -2.24. The van der Waals surface area contributed by atoms with Crippen LogP contribution in [0, 0.1) is 0 Å². The van der Waals surface area contributed by atoms with Crippen LogP contribution in [0.25, 0.3) is 0 Å². The van der Waals surface area contributed by atoms with Crippen LogP contribution >= 0.6 is 0 Å². The second-order valence-electron chi connectivity index (χ2n) is 6.50. The van der Waals surface area contributed by atoms with Gasteiger partial charge in [-0.1, -0.05) is 64.7 Å². The van der Waals surface area contributed by atoms with Gasteiger partial charge in [0.2, 0.25) is 0 Å². The van der Waals surface area contributed by atoms with Crippen molar-refractivity contribution in [2.45, 2.75) is 95.5 Å². The first kappa shape index (κ1) is 22.3. The van der Waals surface area contributed by atoms with E-state index in [1.54, 1.807) is 0 Å². The van der Waals surface area contributed by atoms with Crippen LogP contribution in [0.2, 0.25) is 0 Å². The molecule has 0 radical (unpaired) electrons. The summed E-state index contributed by atoms with van der Waals surface area (Å²) in [6, 6.07) is 0. The van der Waals surface area contributed by atoms with Gasteiger partial charge in [0, 0.05) is 7.92 Å². The molecular weight excluding hydrogens is 326 g/mol. The molecule has 0 aromatic carbocycles. The highest BCUT2D eigenvalue weighted by Gasteiger charge is 2.33. The highest BCUT2D eigenvalue weighted by atomic mass is 16.4. The van der Waals surface area contributed by atoms with E-state index in [-0.39, 0.29) is 0 Å². The van der Waals surface area contributed by atoms with Crippen molar-refractivity contribution < 1.29 is 31.7 Å². The Kier molecular flexibility index (Phi) is 13.8. The zero-order valence-corrected chi connectivity index (χ0v) is 15.1. The molecule has 0 aliphatic carbocycles. The summed E-state index contributed by atoms with van der Waals surface area (Å²) in [5.74, 6) is -0.811. The third kappa shape index (κ3) is 11.5. The molecule has 0 aliphatic heterocycles. The lowest BCUT2D eigenvalue weighted by Crippen LogP contribution is -2.51. The van der Waals surface area contributed by atoms with E-state index in [9.17, 15) is 25.2 Å². The monoisotopic (exact) mass is 364 g/mol. The number of aliphatic hydroxyl groups excluding tert-OH is 5. The van der Waals surface area contributed by atoms with Crippen molar-refractivity contribution in [1.29, 1.82) is 0 Å². The molecule has 0 spiro atoms. The summed E-state index contributed by atoms with van der Waals surface area (Å²) in [6.07, 6.45) is 3.83. The van der Waals surface area contributed by atoms with Gasteiger partial charge in [-0.2, -0.15) is 0 Å². The maximum atomic E-state index is 11.7. The zero-order chi connectivity index (χ0) is 19.8. The number of carbonyl (C=O) groups excluding carboxylic acids is 1. The largest absolute Gasteiger partial charge is 0.394 e. The minimum absolute atomic E-state index is 0.369. The normalized spacial score (nSPS) is 16.8. The van der Waals surface area contributed by atoms with Crippen molar-refractivity contribution in [2.75, 3.05) is 13.2 Å². The van der Waals surface area contributed by atoms with Crippen molar-refractivity contribution in [3.05, 3.63) is 0 Å². The summed E-state index contributed by atoms with van der Waals surface area (Å²) in [5.41, 5.74) is 0. The molecule has 0 unspecified atom stereocenters. The van der Waals surface area contributed by atoms with Gasteiger partial charge in [0.25, 0.3) is 5.91 Å². The highest BCUT2D eigenvalue weighted by molar-refractivity contribution is 5.81. The summed E-state index contributed by atoms with van der Waals surface area (Å²) in [6.45, 7) is 0.115. The Morgan fingerprint density at radius 1 is 0.880 bits per heavy atom. The molecule has 0 fully saturated rings. The number of hydrogen-bond donors (Lipinski definition) is 6. The van der Waals surface area contributed by atoms with Crippen molar-refractivity contribution in [2.24, 2.45) is 0 Å². The predicted molar refractivity (Wildman–Crippen MR) is 96.0 cm³/mol. The second kappa shape index (κ2) is 15.5. The van der Waals surface area contributed by atoms with Crippen LogP contribution in [0.1, 0.15) is 72.5 Å². The molecule has 0 bridgehead atoms. The van der Waals surface area contributed by atoms with Gasteiger partial charge in [-0.3, -0.25) is 4.79 Å². The Hall–Kier alpha value is -0.730. The van der Waals surface area contributed by atoms with Crippen LogP contribution in [0.5, 0.6) is 0 Å². The molecule has 25 heavy (non-hydrogen) atoms. The lowest BCUT2D eigenvalue weighted by atomic mass is 10.0. The van der Waals surface area contributed by atoms with Crippen LogP contribution in [0.4, 0.5) is 0 Å². The van der Waals surface area contributed by atoms with E-state index in [0.29, 0.717) is 13.4 Å². The summed E-state index contributed by atoms with van der Waals surface area (Å²) in [7, 11) is 0. The van der Waals surface area contributed by atoms with Gasteiger partial charge in [-0.25, -0.2) is 0 Å². The van der Waals surface area contributed by atoms with Crippen molar-refractivity contribution >= 4 is 5.91 Å². The fourth-order valence-corrected chi connectivity index (χ4v) is 2.53. The quantitative estimate of drug-likeness (QED) is 0.221. The van der Waals surface area contributed by atoms with E-state index < -0.39 is 36.9 Å². The van der Waals surface area contributed by atoms with Gasteiger partial charge in [-0.15, -0.1) is 0 Å². The van der Waals surface area contributed by atoms with Crippen molar-refractivity contribution in [1.82, 2.24) is 5.32 Å². The van der Waals surface area contributed by atoms with Gasteiger partial charge in [0.05, 0.1) is 6.61 Å². The third-order valence-corrected chi connectivity index (χ3v) is 4.25. The summed E-state index contributed by atoms with van der Waals surface area (Å²) < 4.78 is 7.06. The maximum absolute atomic E-state index is 11.7. The number of nitrogens with one attached hydrogen (secondary N) is 1. The molecule has 1 amide bonds. The molecule has 0 aromatic heterocycles. The molecule has 6 N–H and O–H groups in total. The van der Waals surface area contributed by atoms with Crippen LogP contribution < -0.4 is 5.32 Å². The number of amides is 1. The lowest BCUT2D eigenvalue weighted by molar-refractivity contribution is -0.148. The third-order valence-electron chi connectivity index (χ3n) is 4.25. The molecule has 0 aliphatic rings. The molecule has 4 atom stereocenters. The fourth-order valence-electron chi connectivity index (χ4n) is 2.53. The molecule has 0 rings (SSSR count). The van der Waals surface area contributed by atoms with E-state index in [4.69, 9.17) is 6.48 Å². The molecule has 0 saturated carbocycles. The Morgan fingerprint density at radius 3 is 1.92 bits per heavy atom. The van der Waals surface area contributed by atoms with Crippen molar-refractivity contribution in [3.63, 3.8) is 0 Å². The summed E-state index contributed by atoms with van der Waals surface area (Å²) >= 11 is 0. The van der Waals surface area contributed by atoms with E-state index >= 15 is 0 Å². The molecule has 7 heteroatoms. The first-order valence-electron chi connectivity index (χ1n) is 10.1. The predicted octanol–water partition coefficient (Wildman–Crippen LogP) is 0.459. The van der Waals surface area contributed by atoms with Gasteiger partial charge in [-0.05, 0) is 6.42 Å². The smallest absolute Gasteiger partial charge is 0.251 e. The standard InChI is InChI=1S/C18H37NO6/c1-2-3-4-5-6-7-8-9-10-11-12-19-18(25)17(24)16(23)15(22)14(21)13-20/h14-17,20-24H,2-13H2,1H3,(H,19,25)/t14-,15-,16+,17-/m1/s1/i1D. The van der Waals surface area contributed by atoms with Crippen LogP contribution in [-0.4, -0.2) is 69.0 Å². The van der Waals surface area contributed by atoms with Crippen LogP contribution in [0.3, 0.4) is 0 Å². The minimum atomic E-state index is -1.86. The first-order valence-corrected chi connectivity index (χ1v) is 9.35. The van der Waals surface area contributed by atoms with E-state index in [1.165, 1.54) is 25.7 Å². The SMILES string of the molecule is [2H]CCCCCCCCCCCCNC(=O)[C@H](O)[C@@H](O)[C@H](O)[C@H](O)CO. The van der Waals surface area contributed by atoms with Crippen molar-refractivity contribution in [3.8, 4) is 0 Å².